The van der Waals surface area contributed by atoms with E-state index >= 15 is 0 Å². The van der Waals surface area contributed by atoms with Gasteiger partial charge in [-0.15, -0.1) is 0 Å². The Morgan fingerprint density at radius 2 is 1.84 bits per heavy atom. The highest BCUT2D eigenvalue weighted by molar-refractivity contribution is 6.43. The Hall–Kier alpha value is -2.91. The first-order valence-corrected chi connectivity index (χ1v) is 13.6. The van der Waals surface area contributed by atoms with E-state index in [-0.39, 0.29) is 18.3 Å². The van der Waals surface area contributed by atoms with Crippen LogP contribution < -0.4 is 0 Å². The van der Waals surface area contributed by atoms with Crippen LogP contribution in [0.1, 0.15) is 69.1 Å². The number of allylic oxidation sites excluding steroid dienone is 2. The SMILES string of the molecule is CCC/C(=C\c1cc(C)c(O)c(C)c1)CC[C@H]1OB(O)C[C@H]2C1=C(CC)C[C@H]1C(=O)N(C(=O)OC)C(=O)[C@H]12. The van der Waals surface area contributed by atoms with E-state index in [9.17, 15) is 24.5 Å². The van der Waals surface area contributed by atoms with Gasteiger partial charge in [-0.05, 0) is 92.6 Å². The first kappa shape index (κ1) is 28.1. The normalized spacial score (nSPS) is 25.6. The summed E-state index contributed by atoms with van der Waals surface area (Å²) in [5, 5.41) is 20.8. The molecule has 9 heteroatoms. The highest BCUT2D eigenvalue weighted by Crippen LogP contribution is 2.51. The molecule has 2 aliphatic heterocycles. The third kappa shape index (κ3) is 5.18. The molecule has 1 aromatic carbocycles. The summed E-state index contributed by atoms with van der Waals surface area (Å²) in [7, 11) is 0.101. The maximum atomic E-state index is 13.3. The zero-order valence-corrected chi connectivity index (χ0v) is 23.0. The van der Waals surface area contributed by atoms with E-state index < -0.39 is 36.9 Å². The van der Waals surface area contributed by atoms with Crippen molar-refractivity contribution in [1.29, 1.82) is 0 Å². The monoisotopic (exact) mass is 523 g/mol. The van der Waals surface area contributed by atoms with E-state index in [1.807, 2.05) is 32.9 Å². The highest BCUT2D eigenvalue weighted by Gasteiger charge is 2.58. The van der Waals surface area contributed by atoms with Crippen LogP contribution in [-0.4, -0.2) is 53.3 Å². The number of likely N-dealkylation sites (tertiary alicyclic amines) is 1. The molecule has 0 unspecified atom stereocenters. The molecule has 4 rings (SSSR count). The number of benzene rings is 1. The molecule has 2 N–H and O–H groups in total. The fraction of sp³-hybridized carbons (Fsp3) is 0.552. The van der Waals surface area contributed by atoms with Gasteiger partial charge in [-0.2, -0.15) is 4.90 Å². The Labute approximate surface area is 224 Å². The number of imide groups is 3. The van der Waals surface area contributed by atoms with Crippen molar-refractivity contribution in [3.63, 3.8) is 0 Å². The lowest BCUT2D eigenvalue weighted by molar-refractivity contribution is -0.137. The molecule has 1 aliphatic carbocycles. The van der Waals surface area contributed by atoms with Gasteiger partial charge in [-0.1, -0.05) is 37.5 Å². The summed E-state index contributed by atoms with van der Waals surface area (Å²) < 4.78 is 10.8. The minimum absolute atomic E-state index is 0.217. The van der Waals surface area contributed by atoms with Crippen LogP contribution >= 0.6 is 0 Å². The lowest BCUT2D eigenvalue weighted by atomic mass is 9.58. The molecule has 2 heterocycles. The van der Waals surface area contributed by atoms with Crippen LogP contribution in [-0.2, 0) is 19.0 Å². The standard InChI is InChI=1S/C29H38BNO7/c1-6-8-18(13-19-11-16(3)26(32)17(4)12-19)9-10-23-24-20(7-2)14-21-25(22(24)15-30(36)38-23)28(34)31(27(21)33)29(35)37-5/h11-13,21-23,25,32,36H,6-10,14-15H2,1-5H3/b18-13+/t21-,22+,23-,25-/m1/s1. The van der Waals surface area contributed by atoms with Crippen molar-refractivity contribution in [3.8, 4) is 5.75 Å². The molecule has 2 saturated heterocycles. The van der Waals surface area contributed by atoms with Gasteiger partial charge in [0.05, 0.1) is 25.0 Å². The van der Waals surface area contributed by atoms with Crippen LogP contribution in [0, 0.1) is 31.6 Å². The second kappa shape index (κ2) is 11.5. The molecule has 0 bridgehead atoms. The summed E-state index contributed by atoms with van der Waals surface area (Å²) in [5.74, 6) is -2.40. The minimum atomic E-state index is -1.05. The van der Waals surface area contributed by atoms with Gasteiger partial charge in [0.15, 0.2) is 0 Å². The van der Waals surface area contributed by atoms with E-state index in [1.165, 1.54) is 5.57 Å². The molecule has 0 radical (unpaired) electrons. The maximum Gasteiger partial charge on any atom is 0.455 e. The van der Waals surface area contributed by atoms with Gasteiger partial charge in [0.25, 0.3) is 0 Å². The molecule has 4 atom stereocenters. The molecular weight excluding hydrogens is 485 g/mol. The molecule has 2 fully saturated rings. The van der Waals surface area contributed by atoms with Crippen LogP contribution in [0.4, 0.5) is 4.79 Å². The van der Waals surface area contributed by atoms with Crippen LogP contribution in [0.3, 0.4) is 0 Å². The second-order valence-electron chi connectivity index (χ2n) is 10.7. The number of nitrogens with zero attached hydrogens (tertiary/aromatic N) is 1. The average Bonchev–Trinajstić information content (AvgIpc) is 3.14. The molecule has 1 aromatic rings. The van der Waals surface area contributed by atoms with Crippen molar-refractivity contribution in [2.24, 2.45) is 17.8 Å². The lowest BCUT2D eigenvalue weighted by Gasteiger charge is -2.43. The van der Waals surface area contributed by atoms with Gasteiger partial charge in [0.1, 0.15) is 5.75 Å². The number of phenols is 1. The molecule has 8 nitrogen and oxygen atoms in total. The summed E-state index contributed by atoms with van der Waals surface area (Å²) in [6.07, 6.45) is 5.42. The summed E-state index contributed by atoms with van der Waals surface area (Å²) in [6, 6.07) is 3.95. The first-order chi connectivity index (χ1) is 18.1. The van der Waals surface area contributed by atoms with Crippen molar-refractivity contribution >= 4 is 31.1 Å². The van der Waals surface area contributed by atoms with Crippen molar-refractivity contribution in [1.82, 2.24) is 4.90 Å². The number of carbonyl (C=O) groups is 3. The van der Waals surface area contributed by atoms with E-state index in [2.05, 4.69) is 13.0 Å². The van der Waals surface area contributed by atoms with Gasteiger partial charge >= 0.3 is 13.2 Å². The topological polar surface area (TPSA) is 113 Å². The molecule has 3 aliphatic rings. The minimum Gasteiger partial charge on any atom is -0.507 e. The molecule has 0 saturated carbocycles. The molecular formula is C29H38BNO7. The van der Waals surface area contributed by atoms with Gasteiger partial charge in [-0.3, -0.25) is 9.59 Å². The number of carbonyl (C=O) groups excluding carboxylic acids is 3. The predicted molar refractivity (Wildman–Crippen MR) is 144 cm³/mol. The average molecular weight is 523 g/mol. The highest BCUT2D eigenvalue weighted by atomic mass is 16.5. The summed E-state index contributed by atoms with van der Waals surface area (Å²) in [6.45, 7) is 7.94. The molecule has 3 amide bonds. The van der Waals surface area contributed by atoms with Gasteiger partial charge < -0.3 is 19.5 Å². The summed E-state index contributed by atoms with van der Waals surface area (Å²) >= 11 is 0. The molecule has 0 aromatic heterocycles. The number of aryl methyl sites for hydroxylation is 2. The number of hydrogen-bond acceptors (Lipinski definition) is 7. The second-order valence-corrected chi connectivity index (χ2v) is 10.7. The number of hydrogen-bond donors (Lipinski definition) is 2. The first-order valence-electron chi connectivity index (χ1n) is 13.6. The van der Waals surface area contributed by atoms with Gasteiger partial charge in [0.2, 0.25) is 11.8 Å². The lowest BCUT2D eigenvalue weighted by Crippen LogP contribution is -2.46. The van der Waals surface area contributed by atoms with Gasteiger partial charge in [-0.25, -0.2) is 4.79 Å². The van der Waals surface area contributed by atoms with Crippen molar-refractivity contribution < 1.29 is 33.9 Å². The molecule has 204 valence electrons. The van der Waals surface area contributed by atoms with Crippen LogP contribution in [0.25, 0.3) is 6.08 Å². The number of fused-ring (bicyclic) bond motifs is 3. The maximum absolute atomic E-state index is 13.3. The Morgan fingerprint density at radius 1 is 1.16 bits per heavy atom. The van der Waals surface area contributed by atoms with Crippen LogP contribution in [0.15, 0.2) is 28.9 Å². The molecule has 0 spiro atoms. The Morgan fingerprint density at radius 3 is 2.45 bits per heavy atom. The van der Waals surface area contributed by atoms with E-state index in [1.54, 1.807) is 0 Å². The Bertz CT molecular complexity index is 1170. The summed E-state index contributed by atoms with van der Waals surface area (Å²) in [5.41, 5.74) is 6.04. The third-order valence-electron chi connectivity index (χ3n) is 8.27. The molecule has 38 heavy (non-hydrogen) atoms. The number of phenolic OH excluding ortho intramolecular Hbond substituents is 1. The zero-order chi connectivity index (χ0) is 27.7. The number of aromatic hydroxyl groups is 1. The van der Waals surface area contributed by atoms with E-state index in [0.29, 0.717) is 29.9 Å². The van der Waals surface area contributed by atoms with Crippen molar-refractivity contribution in [2.75, 3.05) is 7.11 Å². The number of amides is 3. The smallest absolute Gasteiger partial charge is 0.455 e. The van der Waals surface area contributed by atoms with Crippen molar-refractivity contribution in [3.05, 3.63) is 45.5 Å². The predicted octanol–water partition coefficient (Wildman–Crippen LogP) is 4.95. The van der Waals surface area contributed by atoms with Gasteiger partial charge in [0, 0.05) is 0 Å². The number of ether oxygens (including phenoxy) is 1. The number of rotatable bonds is 7. The fourth-order valence-corrected chi connectivity index (χ4v) is 6.59. The fourth-order valence-electron chi connectivity index (χ4n) is 6.59. The van der Waals surface area contributed by atoms with E-state index in [0.717, 1.165) is 54.2 Å². The summed E-state index contributed by atoms with van der Waals surface area (Å²) in [4.78, 5) is 39.2. The van der Waals surface area contributed by atoms with Crippen LogP contribution in [0.5, 0.6) is 5.75 Å². The quantitative estimate of drug-likeness (QED) is 0.296. The Kier molecular flexibility index (Phi) is 8.47. The zero-order valence-electron chi connectivity index (χ0n) is 23.0. The Balaban J connectivity index is 1.62. The third-order valence-corrected chi connectivity index (χ3v) is 8.27. The number of methoxy groups -OCH3 is 1. The van der Waals surface area contributed by atoms with E-state index in [4.69, 9.17) is 9.39 Å². The van der Waals surface area contributed by atoms with Crippen LogP contribution in [0.2, 0.25) is 6.32 Å². The van der Waals surface area contributed by atoms with Crippen molar-refractivity contribution in [2.45, 2.75) is 78.6 Å². The largest absolute Gasteiger partial charge is 0.507 e.